The SMILES string of the molecule is CCCn1ccc(CNC(CO)C(C)C)c1. The zero-order chi connectivity index (χ0) is 12.0. The summed E-state index contributed by atoms with van der Waals surface area (Å²) in [6.45, 7) is 8.53. The number of aryl methyl sites for hydroxylation is 1. The van der Waals surface area contributed by atoms with Crippen LogP contribution in [0.1, 0.15) is 32.8 Å². The largest absolute Gasteiger partial charge is 0.395 e. The molecule has 0 aliphatic rings. The van der Waals surface area contributed by atoms with Gasteiger partial charge in [0.2, 0.25) is 0 Å². The van der Waals surface area contributed by atoms with Crippen LogP contribution in [0.15, 0.2) is 18.5 Å². The van der Waals surface area contributed by atoms with Crippen LogP contribution in [0.4, 0.5) is 0 Å². The maximum Gasteiger partial charge on any atom is 0.0587 e. The van der Waals surface area contributed by atoms with E-state index in [0.29, 0.717) is 5.92 Å². The second-order valence-electron chi connectivity index (χ2n) is 4.67. The minimum Gasteiger partial charge on any atom is -0.395 e. The molecule has 0 aliphatic heterocycles. The lowest BCUT2D eigenvalue weighted by atomic mass is 10.1. The summed E-state index contributed by atoms with van der Waals surface area (Å²) in [5, 5.41) is 12.6. The van der Waals surface area contributed by atoms with Crippen LogP contribution < -0.4 is 5.32 Å². The molecular weight excluding hydrogens is 200 g/mol. The Morgan fingerprint density at radius 3 is 2.75 bits per heavy atom. The summed E-state index contributed by atoms with van der Waals surface area (Å²) in [6, 6.07) is 2.33. The second-order valence-corrected chi connectivity index (χ2v) is 4.67. The van der Waals surface area contributed by atoms with Gasteiger partial charge in [0, 0.05) is 31.5 Å². The van der Waals surface area contributed by atoms with Gasteiger partial charge in [-0.3, -0.25) is 0 Å². The van der Waals surface area contributed by atoms with Crippen LogP contribution >= 0.6 is 0 Å². The average Bonchev–Trinajstić information content (AvgIpc) is 2.67. The molecular formula is C13H24N2O. The third-order valence-electron chi connectivity index (χ3n) is 2.86. The van der Waals surface area contributed by atoms with Gasteiger partial charge in [-0.15, -0.1) is 0 Å². The molecule has 1 aromatic heterocycles. The van der Waals surface area contributed by atoms with Crippen molar-refractivity contribution in [1.82, 2.24) is 9.88 Å². The molecule has 1 unspecified atom stereocenters. The number of hydrogen-bond donors (Lipinski definition) is 2. The van der Waals surface area contributed by atoms with E-state index < -0.39 is 0 Å². The molecule has 1 rings (SSSR count). The molecule has 3 heteroatoms. The van der Waals surface area contributed by atoms with Crippen molar-refractivity contribution in [2.75, 3.05) is 6.61 Å². The number of rotatable bonds is 7. The van der Waals surface area contributed by atoms with Gasteiger partial charge >= 0.3 is 0 Å². The highest BCUT2D eigenvalue weighted by Crippen LogP contribution is 2.05. The molecule has 0 saturated carbocycles. The van der Waals surface area contributed by atoms with Crippen LogP contribution in [0.5, 0.6) is 0 Å². The van der Waals surface area contributed by atoms with Gasteiger partial charge in [0.15, 0.2) is 0 Å². The first-order valence-electron chi connectivity index (χ1n) is 6.16. The molecule has 92 valence electrons. The summed E-state index contributed by atoms with van der Waals surface area (Å²) in [5.74, 6) is 0.461. The van der Waals surface area contributed by atoms with Crippen LogP contribution in [0, 0.1) is 5.92 Å². The van der Waals surface area contributed by atoms with Crippen molar-refractivity contribution >= 4 is 0 Å². The Hall–Kier alpha value is -0.800. The molecule has 1 heterocycles. The Kier molecular flexibility index (Phi) is 5.56. The van der Waals surface area contributed by atoms with Crippen LogP contribution in [0.25, 0.3) is 0 Å². The number of aromatic nitrogens is 1. The fourth-order valence-electron chi connectivity index (χ4n) is 1.75. The van der Waals surface area contributed by atoms with Gasteiger partial charge in [0.1, 0.15) is 0 Å². The van der Waals surface area contributed by atoms with Gasteiger partial charge in [-0.05, 0) is 24.0 Å². The van der Waals surface area contributed by atoms with Crippen molar-refractivity contribution in [1.29, 1.82) is 0 Å². The molecule has 0 radical (unpaired) electrons. The van der Waals surface area contributed by atoms with Crippen molar-refractivity contribution in [3.05, 3.63) is 24.0 Å². The van der Waals surface area contributed by atoms with E-state index in [-0.39, 0.29) is 12.6 Å². The molecule has 0 fully saturated rings. The first-order chi connectivity index (χ1) is 7.67. The Bertz CT molecular complexity index is 294. The monoisotopic (exact) mass is 224 g/mol. The Balaban J connectivity index is 2.41. The minimum atomic E-state index is 0.189. The quantitative estimate of drug-likeness (QED) is 0.743. The number of aliphatic hydroxyl groups is 1. The first-order valence-corrected chi connectivity index (χ1v) is 6.16. The van der Waals surface area contributed by atoms with Gasteiger partial charge < -0.3 is 15.0 Å². The average molecular weight is 224 g/mol. The van der Waals surface area contributed by atoms with Gasteiger partial charge in [0.25, 0.3) is 0 Å². The van der Waals surface area contributed by atoms with E-state index >= 15 is 0 Å². The van der Waals surface area contributed by atoms with E-state index in [1.54, 1.807) is 0 Å². The Morgan fingerprint density at radius 1 is 1.44 bits per heavy atom. The van der Waals surface area contributed by atoms with E-state index in [1.165, 1.54) is 5.56 Å². The summed E-state index contributed by atoms with van der Waals surface area (Å²) in [6.07, 6.45) is 5.45. The lowest BCUT2D eigenvalue weighted by molar-refractivity contribution is 0.210. The van der Waals surface area contributed by atoms with Crippen LogP contribution in [-0.4, -0.2) is 22.3 Å². The van der Waals surface area contributed by atoms with E-state index in [9.17, 15) is 5.11 Å². The number of hydrogen-bond acceptors (Lipinski definition) is 2. The normalized spacial score (nSPS) is 13.3. The summed E-state index contributed by atoms with van der Waals surface area (Å²) in [5.41, 5.74) is 1.28. The lowest BCUT2D eigenvalue weighted by Crippen LogP contribution is -2.36. The molecule has 0 bridgehead atoms. The van der Waals surface area contributed by atoms with Crippen LogP contribution in [0.2, 0.25) is 0 Å². The van der Waals surface area contributed by atoms with Crippen LogP contribution in [0.3, 0.4) is 0 Å². The predicted octanol–water partition coefficient (Wildman–Crippen LogP) is 2.00. The molecule has 0 saturated heterocycles. The third-order valence-corrected chi connectivity index (χ3v) is 2.86. The second kappa shape index (κ2) is 6.71. The lowest BCUT2D eigenvalue weighted by Gasteiger charge is -2.19. The third kappa shape index (κ3) is 3.99. The van der Waals surface area contributed by atoms with Crippen molar-refractivity contribution in [3.8, 4) is 0 Å². The molecule has 16 heavy (non-hydrogen) atoms. The topological polar surface area (TPSA) is 37.2 Å². The molecule has 3 nitrogen and oxygen atoms in total. The number of nitrogens with one attached hydrogen (secondary N) is 1. The van der Waals surface area contributed by atoms with E-state index in [2.05, 4.69) is 49.1 Å². The summed E-state index contributed by atoms with van der Waals surface area (Å²) in [4.78, 5) is 0. The Morgan fingerprint density at radius 2 is 2.19 bits per heavy atom. The van der Waals surface area contributed by atoms with Crippen molar-refractivity contribution in [2.24, 2.45) is 5.92 Å². The zero-order valence-electron chi connectivity index (χ0n) is 10.6. The van der Waals surface area contributed by atoms with Gasteiger partial charge in [-0.25, -0.2) is 0 Å². The maximum atomic E-state index is 9.20. The molecule has 2 N–H and O–H groups in total. The zero-order valence-corrected chi connectivity index (χ0v) is 10.6. The van der Waals surface area contributed by atoms with E-state index in [1.807, 2.05) is 0 Å². The minimum absolute atomic E-state index is 0.189. The predicted molar refractivity (Wildman–Crippen MR) is 67.3 cm³/mol. The van der Waals surface area contributed by atoms with Crippen LogP contribution in [-0.2, 0) is 13.1 Å². The van der Waals surface area contributed by atoms with E-state index in [4.69, 9.17) is 0 Å². The van der Waals surface area contributed by atoms with Gasteiger partial charge in [0.05, 0.1) is 6.61 Å². The smallest absolute Gasteiger partial charge is 0.0587 e. The molecule has 0 aliphatic carbocycles. The summed E-state index contributed by atoms with van der Waals surface area (Å²) in [7, 11) is 0. The van der Waals surface area contributed by atoms with Gasteiger partial charge in [-0.2, -0.15) is 0 Å². The highest BCUT2D eigenvalue weighted by atomic mass is 16.3. The van der Waals surface area contributed by atoms with Gasteiger partial charge in [-0.1, -0.05) is 20.8 Å². The number of nitrogens with zero attached hydrogens (tertiary/aromatic N) is 1. The van der Waals surface area contributed by atoms with Crippen molar-refractivity contribution in [2.45, 2.75) is 46.3 Å². The summed E-state index contributed by atoms with van der Waals surface area (Å²) >= 11 is 0. The van der Waals surface area contributed by atoms with Crippen molar-refractivity contribution in [3.63, 3.8) is 0 Å². The maximum absolute atomic E-state index is 9.20. The Labute approximate surface area is 98.5 Å². The van der Waals surface area contributed by atoms with E-state index in [0.717, 1.165) is 19.5 Å². The fourth-order valence-corrected chi connectivity index (χ4v) is 1.75. The molecule has 0 spiro atoms. The fraction of sp³-hybridized carbons (Fsp3) is 0.692. The molecule has 0 amide bonds. The highest BCUT2D eigenvalue weighted by molar-refractivity contribution is 5.10. The summed E-state index contributed by atoms with van der Waals surface area (Å²) < 4.78 is 2.21. The first kappa shape index (κ1) is 13.3. The number of aliphatic hydroxyl groups excluding tert-OH is 1. The van der Waals surface area contributed by atoms with Crippen molar-refractivity contribution < 1.29 is 5.11 Å². The highest BCUT2D eigenvalue weighted by Gasteiger charge is 2.10. The molecule has 1 atom stereocenters. The standard InChI is InChI=1S/C13H24N2O/c1-4-6-15-7-5-12(9-15)8-14-13(10-16)11(2)3/h5,7,9,11,13-14,16H,4,6,8,10H2,1-3H3. The molecule has 1 aromatic rings. The molecule has 0 aromatic carbocycles.